The fourth-order valence-corrected chi connectivity index (χ4v) is 4.23. The number of rotatable bonds is 6. The molecule has 0 fully saturated rings. The Kier molecular flexibility index (Phi) is 8.27. The lowest BCUT2D eigenvalue weighted by atomic mass is 9.92. The van der Waals surface area contributed by atoms with Crippen molar-refractivity contribution in [1.29, 1.82) is 0 Å². The second kappa shape index (κ2) is 9.50. The maximum atomic E-state index is 12.1. The fourth-order valence-electron chi connectivity index (χ4n) is 1.97. The molecule has 1 aromatic heterocycles. The molecule has 26 heavy (non-hydrogen) atoms. The summed E-state index contributed by atoms with van der Waals surface area (Å²) in [5.41, 5.74) is 0.317. The van der Waals surface area contributed by atoms with Crippen molar-refractivity contribution in [1.82, 2.24) is 10.3 Å². The van der Waals surface area contributed by atoms with Gasteiger partial charge in [0.15, 0.2) is 0 Å². The van der Waals surface area contributed by atoms with Gasteiger partial charge < -0.3 is 15.2 Å². The van der Waals surface area contributed by atoms with E-state index in [-0.39, 0.29) is 16.0 Å². The van der Waals surface area contributed by atoms with Crippen LogP contribution in [0, 0.1) is 5.41 Å². The molecule has 1 unspecified atom stereocenters. The molecule has 0 aliphatic carbocycles. The van der Waals surface area contributed by atoms with Gasteiger partial charge in [-0.05, 0) is 49.6 Å². The second-order valence-electron chi connectivity index (χ2n) is 7.90. The number of hydrogen-bond acceptors (Lipinski definition) is 6. The van der Waals surface area contributed by atoms with E-state index in [1.807, 2.05) is 20.8 Å². The number of pyridine rings is 1. The lowest BCUT2D eigenvalue weighted by molar-refractivity contribution is 0.0738. The quantitative estimate of drug-likeness (QED) is 0.512. The van der Waals surface area contributed by atoms with Crippen molar-refractivity contribution in [2.45, 2.75) is 63.0 Å². The van der Waals surface area contributed by atoms with E-state index in [0.29, 0.717) is 12.3 Å². The minimum atomic E-state index is -1.03. The smallest absolute Gasteiger partial charge is 0.404 e. The lowest BCUT2D eigenvalue weighted by Crippen LogP contribution is -2.36. The molecule has 1 amide bonds. The van der Waals surface area contributed by atoms with E-state index < -0.39 is 11.7 Å². The number of nitrogens with zero attached hydrogens (tertiary/aromatic N) is 1. The van der Waals surface area contributed by atoms with Crippen molar-refractivity contribution >= 4 is 34.9 Å². The molecule has 2 N–H and O–H groups in total. The molecule has 0 radical (unpaired) electrons. The van der Waals surface area contributed by atoms with Gasteiger partial charge in [-0.15, -0.1) is 0 Å². The lowest BCUT2D eigenvalue weighted by Gasteiger charge is -2.30. The van der Waals surface area contributed by atoms with Crippen LogP contribution in [0.3, 0.4) is 0 Å². The van der Waals surface area contributed by atoms with Crippen LogP contribution in [0.5, 0.6) is 0 Å². The Labute approximate surface area is 163 Å². The SMILES string of the molecule is CC(C)(C)OC(=O)Sc1ccncc1CSC(CNC(=O)O)C(C)(C)C. The number of hydrogen-bond donors (Lipinski definition) is 2. The minimum Gasteiger partial charge on any atom is -0.465 e. The van der Waals surface area contributed by atoms with Gasteiger partial charge in [0.25, 0.3) is 0 Å². The topological polar surface area (TPSA) is 88.5 Å². The third-order valence-corrected chi connectivity index (χ3v) is 5.91. The normalized spacial score (nSPS) is 13.2. The Morgan fingerprint density at radius 3 is 2.46 bits per heavy atom. The monoisotopic (exact) mass is 400 g/mol. The van der Waals surface area contributed by atoms with Crippen LogP contribution in [0.4, 0.5) is 9.59 Å². The molecule has 6 nitrogen and oxygen atoms in total. The summed E-state index contributed by atoms with van der Waals surface area (Å²) in [6.07, 6.45) is 2.36. The largest absolute Gasteiger partial charge is 0.465 e. The van der Waals surface area contributed by atoms with E-state index >= 15 is 0 Å². The van der Waals surface area contributed by atoms with E-state index in [4.69, 9.17) is 9.84 Å². The summed E-state index contributed by atoms with van der Waals surface area (Å²) in [7, 11) is 0. The summed E-state index contributed by atoms with van der Waals surface area (Å²) in [6, 6.07) is 1.80. The van der Waals surface area contributed by atoms with Crippen molar-refractivity contribution in [3.8, 4) is 0 Å². The molecule has 1 aromatic rings. The summed E-state index contributed by atoms with van der Waals surface area (Å²) in [4.78, 5) is 27.9. The first-order valence-corrected chi connectivity index (χ1v) is 10.2. The van der Waals surface area contributed by atoms with Gasteiger partial charge in [0.05, 0.1) is 0 Å². The Balaban J connectivity index is 2.79. The van der Waals surface area contributed by atoms with Crippen molar-refractivity contribution < 1.29 is 19.4 Å². The summed E-state index contributed by atoms with van der Waals surface area (Å²) in [6.45, 7) is 12.1. The molecule has 0 spiro atoms. The molecule has 0 aliphatic heterocycles. The van der Waals surface area contributed by atoms with Gasteiger partial charge >= 0.3 is 11.4 Å². The molecule has 1 heterocycles. The highest BCUT2D eigenvalue weighted by Gasteiger charge is 2.26. The van der Waals surface area contributed by atoms with Crippen molar-refractivity contribution in [3.63, 3.8) is 0 Å². The molecular weight excluding hydrogens is 372 g/mol. The maximum absolute atomic E-state index is 12.1. The fraction of sp³-hybridized carbons (Fsp3) is 0.611. The van der Waals surface area contributed by atoms with Gasteiger partial charge in [-0.2, -0.15) is 11.8 Å². The Bertz CT molecular complexity index is 624. The number of thioether (sulfide) groups is 2. The summed E-state index contributed by atoms with van der Waals surface area (Å²) >= 11 is 2.70. The molecule has 1 atom stereocenters. The number of carbonyl (C=O) groups excluding carboxylic acids is 1. The van der Waals surface area contributed by atoms with E-state index in [0.717, 1.165) is 22.2 Å². The number of ether oxygens (including phenoxy) is 1. The first kappa shape index (κ1) is 22.6. The van der Waals surface area contributed by atoms with Gasteiger partial charge in [-0.1, -0.05) is 20.8 Å². The van der Waals surface area contributed by atoms with Crippen LogP contribution in [0.1, 0.15) is 47.1 Å². The van der Waals surface area contributed by atoms with Crippen LogP contribution in [0.25, 0.3) is 0 Å². The molecule has 0 saturated carbocycles. The third kappa shape index (κ3) is 8.80. The molecule has 146 valence electrons. The van der Waals surface area contributed by atoms with Gasteiger partial charge in [-0.25, -0.2) is 9.59 Å². The van der Waals surface area contributed by atoms with Crippen LogP contribution >= 0.6 is 23.5 Å². The van der Waals surface area contributed by atoms with Crippen LogP contribution in [-0.2, 0) is 10.5 Å². The van der Waals surface area contributed by atoms with Gasteiger partial charge in [0, 0.05) is 34.8 Å². The van der Waals surface area contributed by atoms with Gasteiger partial charge in [0.1, 0.15) is 5.60 Å². The average Bonchev–Trinajstić information content (AvgIpc) is 2.45. The second-order valence-corrected chi connectivity index (χ2v) is 10.1. The highest BCUT2D eigenvalue weighted by molar-refractivity contribution is 8.13. The van der Waals surface area contributed by atoms with E-state index in [9.17, 15) is 9.59 Å². The number of carbonyl (C=O) groups is 2. The van der Waals surface area contributed by atoms with Crippen LogP contribution in [0.2, 0.25) is 0 Å². The molecule has 0 aliphatic rings. The third-order valence-electron chi connectivity index (χ3n) is 3.29. The highest BCUT2D eigenvalue weighted by atomic mass is 32.2. The van der Waals surface area contributed by atoms with E-state index in [1.165, 1.54) is 0 Å². The first-order valence-electron chi connectivity index (χ1n) is 8.30. The van der Waals surface area contributed by atoms with E-state index in [2.05, 4.69) is 31.1 Å². The molecule has 0 aromatic carbocycles. The predicted octanol–water partition coefficient (Wildman–Crippen LogP) is 5.02. The number of aromatic nitrogens is 1. The Morgan fingerprint density at radius 1 is 1.27 bits per heavy atom. The van der Waals surface area contributed by atoms with Crippen LogP contribution in [0.15, 0.2) is 23.4 Å². The minimum absolute atomic E-state index is 0.0756. The average molecular weight is 401 g/mol. The summed E-state index contributed by atoms with van der Waals surface area (Å²) < 4.78 is 5.36. The molecule has 0 saturated heterocycles. The predicted molar refractivity (Wildman–Crippen MR) is 107 cm³/mol. The van der Waals surface area contributed by atoms with Gasteiger partial charge in [-0.3, -0.25) is 4.98 Å². The molecule has 0 bridgehead atoms. The maximum Gasteiger partial charge on any atom is 0.404 e. The molecular formula is C18H28N2O4S2. The van der Waals surface area contributed by atoms with Crippen LogP contribution < -0.4 is 5.32 Å². The molecule has 8 heteroatoms. The highest BCUT2D eigenvalue weighted by Crippen LogP contribution is 2.34. The van der Waals surface area contributed by atoms with Crippen molar-refractivity contribution in [2.24, 2.45) is 5.41 Å². The number of nitrogens with one attached hydrogen (secondary N) is 1. The zero-order valence-corrected chi connectivity index (χ0v) is 17.8. The van der Waals surface area contributed by atoms with E-state index in [1.54, 1.807) is 30.2 Å². The Hall–Kier alpha value is -1.41. The van der Waals surface area contributed by atoms with Crippen molar-refractivity contribution in [2.75, 3.05) is 6.54 Å². The zero-order chi connectivity index (χ0) is 20.0. The van der Waals surface area contributed by atoms with Crippen LogP contribution in [-0.4, -0.2) is 38.9 Å². The first-order chi connectivity index (χ1) is 11.9. The standard InChI is InChI=1S/C18H28N2O4S2/c1-17(2,3)14(10-20-15(21)22)25-11-12-9-19-8-7-13(12)26-16(23)24-18(4,5)6/h7-9,14,20H,10-11H2,1-6H3,(H,21,22). The zero-order valence-electron chi connectivity index (χ0n) is 16.2. The van der Waals surface area contributed by atoms with Gasteiger partial charge in [0.2, 0.25) is 0 Å². The summed E-state index contributed by atoms with van der Waals surface area (Å²) in [5.74, 6) is 0.627. The van der Waals surface area contributed by atoms with Crippen molar-refractivity contribution in [3.05, 3.63) is 24.0 Å². The Morgan fingerprint density at radius 2 is 1.92 bits per heavy atom. The number of amides is 1. The summed E-state index contributed by atoms with van der Waals surface area (Å²) in [5, 5.41) is 11.1. The number of carboxylic acid groups (broad SMARTS) is 1. The molecule has 1 rings (SSSR count).